The summed E-state index contributed by atoms with van der Waals surface area (Å²) >= 11 is 3.17. The SMILES string of the molecule is Cc1c(NC(=O)c2cc(C(F)(F)F)nc3ccc(Br)cc23)c(C(F)(F)F)nn1Cc1ccc(C#N)nc1. The van der Waals surface area contributed by atoms with Crippen LogP contribution in [0.3, 0.4) is 0 Å². The van der Waals surface area contributed by atoms with Gasteiger partial charge in [0.1, 0.15) is 17.5 Å². The molecule has 3 heterocycles. The second-order valence-electron chi connectivity index (χ2n) is 7.80. The number of hydrogen-bond donors (Lipinski definition) is 1. The molecular formula is C23H13BrF6N6O. The Labute approximate surface area is 212 Å². The number of nitrogens with zero attached hydrogens (tertiary/aromatic N) is 5. The molecule has 1 aromatic carbocycles. The summed E-state index contributed by atoms with van der Waals surface area (Å²) in [5, 5.41) is 14.5. The lowest BCUT2D eigenvalue weighted by atomic mass is 10.1. The van der Waals surface area contributed by atoms with E-state index in [-0.39, 0.29) is 28.8 Å². The van der Waals surface area contributed by atoms with Gasteiger partial charge in [0.15, 0.2) is 5.69 Å². The maximum Gasteiger partial charge on any atom is 0.437 e. The summed E-state index contributed by atoms with van der Waals surface area (Å²) in [4.78, 5) is 20.5. The number of pyridine rings is 2. The zero-order valence-corrected chi connectivity index (χ0v) is 20.1. The van der Waals surface area contributed by atoms with Gasteiger partial charge in [0.2, 0.25) is 0 Å². The summed E-state index contributed by atoms with van der Waals surface area (Å²) in [7, 11) is 0. The lowest BCUT2D eigenvalue weighted by molar-refractivity contribution is -0.141. The van der Waals surface area contributed by atoms with E-state index in [1.54, 1.807) is 0 Å². The van der Waals surface area contributed by atoms with Gasteiger partial charge in [0.05, 0.1) is 29.0 Å². The zero-order chi connectivity index (χ0) is 27.1. The Balaban J connectivity index is 1.78. The molecule has 0 saturated carbocycles. The third kappa shape index (κ3) is 5.41. The molecule has 37 heavy (non-hydrogen) atoms. The third-order valence-electron chi connectivity index (χ3n) is 5.29. The molecule has 1 amide bonds. The molecule has 0 aliphatic heterocycles. The summed E-state index contributed by atoms with van der Waals surface area (Å²) in [6.45, 7) is 1.10. The lowest BCUT2D eigenvalue weighted by Crippen LogP contribution is -2.18. The molecular weight excluding hydrogens is 570 g/mol. The second kappa shape index (κ2) is 9.47. The highest BCUT2D eigenvalue weighted by Gasteiger charge is 2.40. The van der Waals surface area contributed by atoms with Gasteiger partial charge >= 0.3 is 12.4 Å². The van der Waals surface area contributed by atoms with Crippen molar-refractivity contribution >= 4 is 38.4 Å². The number of amides is 1. The molecule has 0 unspecified atom stereocenters. The van der Waals surface area contributed by atoms with Crippen molar-refractivity contribution in [1.29, 1.82) is 5.26 Å². The van der Waals surface area contributed by atoms with Crippen LogP contribution in [0, 0.1) is 18.3 Å². The Morgan fingerprint density at radius 3 is 2.43 bits per heavy atom. The fourth-order valence-electron chi connectivity index (χ4n) is 3.52. The molecule has 0 aliphatic rings. The third-order valence-corrected chi connectivity index (χ3v) is 5.78. The van der Waals surface area contributed by atoms with Gasteiger partial charge in [-0.05, 0) is 42.8 Å². The van der Waals surface area contributed by atoms with E-state index in [2.05, 4.69) is 36.3 Å². The van der Waals surface area contributed by atoms with E-state index in [1.807, 2.05) is 6.07 Å². The molecule has 4 rings (SSSR count). The van der Waals surface area contributed by atoms with Crippen LogP contribution in [0.25, 0.3) is 10.9 Å². The number of hydrogen-bond acceptors (Lipinski definition) is 5. The Bertz CT molecular complexity index is 1550. The van der Waals surface area contributed by atoms with Crippen LogP contribution in [0.15, 0.2) is 47.1 Å². The van der Waals surface area contributed by atoms with Gasteiger partial charge in [-0.25, -0.2) is 9.97 Å². The predicted octanol–water partition coefficient (Wildman–Crippen LogP) is 6.11. The molecule has 14 heteroatoms. The monoisotopic (exact) mass is 582 g/mol. The van der Waals surface area contributed by atoms with E-state index >= 15 is 0 Å². The summed E-state index contributed by atoms with van der Waals surface area (Å²) < 4.78 is 83.1. The van der Waals surface area contributed by atoms with Gasteiger partial charge in [0.25, 0.3) is 5.91 Å². The number of halogens is 7. The van der Waals surface area contributed by atoms with Gasteiger partial charge in [0, 0.05) is 16.1 Å². The molecule has 4 aromatic rings. The summed E-state index contributed by atoms with van der Waals surface area (Å²) in [5.41, 5.74) is -3.74. The van der Waals surface area contributed by atoms with E-state index < -0.39 is 40.9 Å². The molecule has 0 bridgehead atoms. The maximum absolute atomic E-state index is 13.8. The molecule has 0 radical (unpaired) electrons. The van der Waals surface area contributed by atoms with Crippen LogP contribution in [0.2, 0.25) is 0 Å². The van der Waals surface area contributed by atoms with Crippen molar-refractivity contribution < 1.29 is 31.1 Å². The van der Waals surface area contributed by atoms with E-state index in [4.69, 9.17) is 5.26 Å². The quantitative estimate of drug-likeness (QED) is 0.293. The number of anilines is 1. The molecule has 0 fully saturated rings. The molecule has 0 aliphatic carbocycles. The highest BCUT2D eigenvalue weighted by molar-refractivity contribution is 9.10. The minimum absolute atomic E-state index is 0.00198. The van der Waals surface area contributed by atoms with E-state index in [1.165, 1.54) is 43.5 Å². The van der Waals surface area contributed by atoms with Crippen molar-refractivity contribution in [3.8, 4) is 6.07 Å². The molecule has 1 N–H and O–H groups in total. The number of carbonyl (C=O) groups excluding carboxylic acids is 1. The second-order valence-corrected chi connectivity index (χ2v) is 8.71. The van der Waals surface area contributed by atoms with Crippen LogP contribution >= 0.6 is 15.9 Å². The van der Waals surface area contributed by atoms with Gasteiger partial charge in [-0.3, -0.25) is 9.48 Å². The minimum atomic E-state index is -4.98. The average molecular weight is 583 g/mol. The fourth-order valence-corrected chi connectivity index (χ4v) is 3.88. The van der Waals surface area contributed by atoms with Gasteiger partial charge in [-0.2, -0.15) is 36.7 Å². The fraction of sp³-hybridized carbons (Fsp3) is 0.174. The topological polar surface area (TPSA) is 96.5 Å². The molecule has 3 aromatic heterocycles. The molecule has 0 spiro atoms. The number of nitrogens with one attached hydrogen (secondary N) is 1. The first-order valence-electron chi connectivity index (χ1n) is 10.3. The van der Waals surface area contributed by atoms with Crippen LogP contribution in [0.4, 0.5) is 32.0 Å². The number of rotatable bonds is 4. The average Bonchev–Trinajstić information content (AvgIpc) is 3.13. The van der Waals surface area contributed by atoms with Crippen LogP contribution in [0.1, 0.15) is 38.7 Å². The van der Waals surface area contributed by atoms with Crippen molar-refractivity contribution in [3.63, 3.8) is 0 Å². The van der Waals surface area contributed by atoms with Crippen molar-refractivity contribution in [3.05, 3.63) is 81.0 Å². The number of carbonyl (C=O) groups is 1. The minimum Gasteiger partial charge on any atom is -0.319 e. The van der Waals surface area contributed by atoms with E-state index in [0.29, 0.717) is 16.1 Å². The van der Waals surface area contributed by atoms with Crippen LogP contribution < -0.4 is 5.32 Å². The predicted molar refractivity (Wildman–Crippen MR) is 122 cm³/mol. The van der Waals surface area contributed by atoms with Crippen molar-refractivity contribution in [1.82, 2.24) is 19.7 Å². The van der Waals surface area contributed by atoms with Gasteiger partial charge in [-0.1, -0.05) is 22.0 Å². The largest absolute Gasteiger partial charge is 0.437 e. The highest BCUT2D eigenvalue weighted by atomic mass is 79.9. The standard InChI is InChI=1S/C23H13BrF6N6O/c1-11-19(20(23(28,29)30)35-36(11)10-12-2-4-14(8-31)32-9-12)34-21(37)16-7-18(22(25,26)27)33-17-5-3-13(24)6-15(16)17/h2-7,9H,10H2,1H3,(H,34,37). The first kappa shape index (κ1) is 26.1. The normalized spacial score (nSPS) is 12.0. The molecule has 7 nitrogen and oxygen atoms in total. The Kier molecular flexibility index (Phi) is 6.68. The van der Waals surface area contributed by atoms with Gasteiger partial charge < -0.3 is 5.32 Å². The number of alkyl halides is 6. The zero-order valence-electron chi connectivity index (χ0n) is 18.5. The number of benzene rings is 1. The molecule has 0 atom stereocenters. The van der Waals surface area contributed by atoms with Gasteiger partial charge in [-0.15, -0.1) is 0 Å². The van der Waals surface area contributed by atoms with Crippen LogP contribution in [-0.2, 0) is 18.9 Å². The van der Waals surface area contributed by atoms with Crippen LogP contribution in [0.5, 0.6) is 0 Å². The maximum atomic E-state index is 13.8. The van der Waals surface area contributed by atoms with Crippen molar-refractivity contribution in [2.24, 2.45) is 0 Å². The number of nitriles is 1. The summed E-state index contributed by atoms with van der Waals surface area (Å²) in [6.07, 6.45) is -8.59. The Morgan fingerprint density at radius 1 is 1.11 bits per heavy atom. The highest BCUT2D eigenvalue weighted by Crippen LogP contribution is 2.37. The smallest absolute Gasteiger partial charge is 0.319 e. The van der Waals surface area contributed by atoms with E-state index in [9.17, 15) is 31.1 Å². The Morgan fingerprint density at radius 2 is 1.84 bits per heavy atom. The lowest BCUT2D eigenvalue weighted by Gasteiger charge is -2.13. The van der Waals surface area contributed by atoms with Crippen molar-refractivity contribution in [2.75, 3.05) is 5.32 Å². The first-order valence-corrected chi connectivity index (χ1v) is 11.1. The summed E-state index contributed by atoms with van der Waals surface area (Å²) in [6, 6.07) is 9.19. The number of fused-ring (bicyclic) bond motifs is 1. The molecule has 0 saturated heterocycles. The van der Waals surface area contributed by atoms with Crippen molar-refractivity contribution in [2.45, 2.75) is 25.8 Å². The van der Waals surface area contributed by atoms with Crippen LogP contribution in [-0.4, -0.2) is 25.7 Å². The Hall–Kier alpha value is -3.99. The number of aromatic nitrogens is 4. The molecule has 190 valence electrons. The first-order chi connectivity index (χ1) is 17.3. The summed E-state index contributed by atoms with van der Waals surface area (Å²) in [5.74, 6) is -1.20. The van der Waals surface area contributed by atoms with E-state index in [0.717, 1.165) is 4.68 Å².